The lowest BCUT2D eigenvalue weighted by Crippen LogP contribution is -2.21. The van der Waals surface area contributed by atoms with Crippen molar-refractivity contribution in [3.05, 3.63) is 46.5 Å². The van der Waals surface area contributed by atoms with Crippen LogP contribution in [0.5, 0.6) is 0 Å². The van der Waals surface area contributed by atoms with Gasteiger partial charge < -0.3 is 9.73 Å². The highest BCUT2D eigenvalue weighted by atomic mass is 32.1. The molecule has 2 nitrogen and oxygen atoms in total. The Kier molecular flexibility index (Phi) is 3.50. The van der Waals surface area contributed by atoms with Gasteiger partial charge in [-0.05, 0) is 42.6 Å². The van der Waals surface area contributed by atoms with E-state index in [1.165, 1.54) is 14.3 Å². The van der Waals surface area contributed by atoms with Crippen LogP contribution in [0.2, 0.25) is 0 Å². The van der Waals surface area contributed by atoms with E-state index in [0.717, 1.165) is 18.7 Å². The molecule has 0 bridgehead atoms. The van der Waals surface area contributed by atoms with Crippen molar-refractivity contribution in [1.29, 1.82) is 0 Å². The molecule has 0 aromatic carbocycles. The second-order valence-electron chi connectivity index (χ2n) is 4.20. The minimum Gasteiger partial charge on any atom is -0.467 e. The van der Waals surface area contributed by atoms with Crippen molar-refractivity contribution in [2.24, 2.45) is 0 Å². The fraction of sp³-hybridized carbons (Fsp3) is 0.286. The van der Waals surface area contributed by atoms with Crippen LogP contribution in [0, 0.1) is 0 Å². The molecule has 1 unspecified atom stereocenters. The Hall–Kier alpha value is -1.10. The fourth-order valence-electron chi connectivity index (χ4n) is 2.01. The van der Waals surface area contributed by atoms with Gasteiger partial charge in [-0.2, -0.15) is 0 Å². The average Bonchev–Trinajstić information content (AvgIpc) is 3.05. The van der Waals surface area contributed by atoms with Gasteiger partial charge in [0.25, 0.3) is 0 Å². The summed E-state index contributed by atoms with van der Waals surface area (Å²) in [7, 11) is 0. The Labute approximate surface area is 114 Å². The van der Waals surface area contributed by atoms with E-state index in [2.05, 4.69) is 29.8 Å². The Bertz CT molecular complexity index is 580. The maximum Gasteiger partial charge on any atom is 0.126 e. The molecule has 0 spiro atoms. The largest absolute Gasteiger partial charge is 0.467 e. The standard InChI is InChI=1S/C14H15NOS2/c1-2-6-15-14(10-4-3-7-16-10)13-9-12-11(18-13)5-8-17-12/h3-5,7-9,14-15H,2,6H2,1H3. The highest BCUT2D eigenvalue weighted by Gasteiger charge is 2.18. The van der Waals surface area contributed by atoms with Crippen LogP contribution in [0.4, 0.5) is 0 Å². The van der Waals surface area contributed by atoms with E-state index in [4.69, 9.17) is 4.42 Å². The van der Waals surface area contributed by atoms with Crippen molar-refractivity contribution in [3.8, 4) is 0 Å². The summed E-state index contributed by atoms with van der Waals surface area (Å²) in [6, 6.07) is 8.64. The summed E-state index contributed by atoms with van der Waals surface area (Å²) < 4.78 is 8.30. The Balaban J connectivity index is 1.95. The first-order chi connectivity index (χ1) is 8.88. The van der Waals surface area contributed by atoms with Crippen LogP contribution in [0.1, 0.15) is 30.0 Å². The van der Waals surface area contributed by atoms with Gasteiger partial charge in [-0.1, -0.05) is 6.92 Å². The van der Waals surface area contributed by atoms with Gasteiger partial charge in [0, 0.05) is 14.3 Å². The summed E-state index contributed by atoms with van der Waals surface area (Å²) in [5.74, 6) is 0.998. The Morgan fingerprint density at radius 2 is 2.28 bits per heavy atom. The molecule has 1 atom stereocenters. The molecule has 0 aliphatic carbocycles. The topological polar surface area (TPSA) is 25.2 Å². The first-order valence-electron chi connectivity index (χ1n) is 6.12. The molecule has 0 saturated carbocycles. The minimum absolute atomic E-state index is 0.185. The van der Waals surface area contributed by atoms with Crippen LogP contribution in [-0.4, -0.2) is 6.54 Å². The highest BCUT2D eigenvalue weighted by Crippen LogP contribution is 2.35. The lowest BCUT2D eigenvalue weighted by Gasteiger charge is -2.14. The van der Waals surface area contributed by atoms with Gasteiger partial charge in [0.15, 0.2) is 0 Å². The van der Waals surface area contributed by atoms with Gasteiger partial charge in [-0.15, -0.1) is 22.7 Å². The smallest absolute Gasteiger partial charge is 0.126 e. The number of thiophene rings is 2. The molecule has 4 heteroatoms. The van der Waals surface area contributed by atoms with E-state index in [-0.39, 0.29) is 6.04 Å². The van der Waals surface area contributed by atoms with Crippen molar-refractivity contribution in [2.45, 2.75) is 19.4 Å². The van der Waals surface area contributed by atoms with Crippen LogP contribution >= 0.6 is 22.7 Å². The third kappa shape index (κ3) is 2.23. The zero-order chi connectivity index (χ0) is 12.4. The first-order valence-corrected chi connectivity index (χ1v) is 7.82. The van der Waals surface area contributed by atoms with Crippen molar-refractivity contribution in [2.75, 3.05) is 6.54 Å². The zero-order valence-corrected chi connectivity index (χ0v) is 11.8. The minimum atomic E-state index is 0.185. The van der Waals surface area contributed by atoms with Gasteiger partial charge in [0.1, 0.15) is 11.8 Å². The molecule has 1 N–H and O–H groups in total. The van der Waals surface area contributed by atoms with Crippen LogP contribution in [0.25, 0.3) is 9.40 Å². The molecule has 0 aliphatic rings. The monoisotopic (exact) mass is 277 g/mol. The molecule has 0 saturated heterocycles. The normalized spacial score (nSPS) is 13.2. The zero-order valence-electron chi connectivity index (χ0n) is 10.2. The molecule has 0 fully saturated rings. The van der Waals surface area contributed by atoms with Crippen molar-refractivity contribution < 1.29 is 4.42 Å². The van der Waals surface area contributed by atoms with Crippen LogP contribution in [0.15, 0.2) is 40.3 Å². The molecule has 3 rings (SSSR count). The van der Waals surface area contributed by atoms with E-state index in [9.17, 15) is 0 Å². The summed E-state index contributed by atoms with van der Waals surface area (Å²) in [5, 5.41) is 5.71. The average molecular weight is 277 g/mol. The van der Waals surface area contributed by atoms with E-state index < -0.39 is 0 Å². The lowest BCUT2D eigenvalue weighted by atomic mass is 10.2. The Morgan fingerprint density at radius 1 is 1.33 bits per heavy atom. The molecular formula is C14H15NOS2. The van der Waals surface area contributed by atoms with Crippen LogP contribution in [0.3, 0.4) is 0 Å². The number of rotatable bonds is 5. The molecule has 3 aromatic rings. The maximum absolute atomic E-state index is 5.57. The fourth-order valence-corrected chi connectivity index (χ4v) is 4.22. The van der Waals surface area contributed by atoms with Gasteiger partial charge in [-0.3, -0.25) is 0 Å². The SMILES string of the molecule is CCCNC(c1ccco1)c1cc2sccc2s1. The summed E-state index contributed by atoms with van der Waals surface area (Å²) in [6.45, 7) is 3.18. The summed E-state index contributed by atoms with van der Waals surface area (Å²) in [4.78, 5) is 1.33. The van der Waals surface area contributed by atoms with Crippen LogP contribution in [-0.2, 0) is 0 Å². The van der Waals surface area contributed by atoms with Gasteiger partial charge in [0.2, 0.25) is 0 Å². The molecule has 18 heavy (non-hydrogen) atoms. The van der Waals surface area contributed by atoms with Crippen LogP contribution < -0.4 is 5.32 Å². The summed E-state index contributed by atoms with van der Waals surface area (Å²) >= 11 is 3.65. The molecule has 0 aliphatic heterocycles. The van der Waals surface area contributed by atoms with Crippen molar-refractivity contribution in [1.82, 2.24) is 5.32 Å². The van der Waals surface area contributed by atoms with Gasteiger partial charge in [-0.25, -0.2) is 0 Å². The van der Waals surface area contributed by atoms with Gasteiger partial charge in [0.05, 0.1) is 6.26 Å². The predicted octanol–water partition coefficient (Wildman–Crippen LogP) is 4.64. The molecule has 3 heterocycles. The van der Waals surface area contributed by atoms with E-state index in [1.807, 2.05) is 23.5 Å². The summed E-state index contributed by atoms with van der Waals surface area (Å²) in [6.07, 6.45) is 2.86. The third-order valence-corrected chi connectivity index (χ3v) is 5.03. The third-order valence-electron chi connectivity index (χ3n) is 2.87. The second kappa shape index (κ2) is 5.26. The maximum atomic E-state index is 5.57. The van der Waals surface area contributed by atoms with Crippen molar-refractivity contribution in [3.63, 3.8) is 0 Å². The number of fused-ring (bicyclic) bond motifs is 1. The van der Waals surface area contributed by atoms with E-state index in [0.29, 0.717) is 0 Å². The van der Waals surface area contributed by atoms with Gasteiger partial charge >= 0.3 is 0 Å². The molecular weight excluding hydrogens is 262 g/mol. The molecule has 0 amide bonds. The molecule has 3 aromatic heterocycles. The quantitative estimate of drug-likeness (QED) is 0.734. The van der Waals surface area contributed by atoms with E-state index >= 15 is 0 Å². The van der Waals surface area contributed by atoms with E-state index in [1.54, 1.807) is 17.6 Å². The molecule has 94 valence electrons. The Morgan fingerprint density at radius 3 is 3.00 bits per heavy atom. The summed E-state index contributed by atoms with van der Waals surface area (Å²) in [5.41, 5.74) is 0. The second-order valence-corrected chi connectivity index (χ2v) is 6.26. The number of hydrogen-bond donors (Lipinski definition) is 1. The number of furan rings is 1. The van der Waals surface area contributed by atoms with Crippen molar-refractivity contribution >= 4 is 32.1 Å². The number of hydrogen-bond acceptors (Lipinski definition) is 4. The lowest BCUT2D eigenvalue weighted by molar-refractivity contribution is 0.450. The highest BCUT2D eigenvalue weighted by molar-refractivity contribution is 7.27. The predicted molar refractivity (Wildman–Crippen MR) is 78.5 cm³/mol. The molecule has 0 radical (unpaired) electrons. The number of nitrogens with one attached hydrogen (secondary N) is 1. The first kappa shape index (κ1) is 12.0.